The molecule has 3 unspecified atom stereocenters. The molecule has 2 saturated heterocycles. The molecule has 121 heavy (non-hydrogen) atoms. The Bertz CT molecular complexity index is 5050. The van der Waals surface area contributed by atoms with Gasteiger partial charge in [-0.3, -0.25) is 58.1 Å². The summed E-state index contributed by atoms with van der Waals surface area (Å²) < 4.78 is 76.7. The molecule has 7 aromatic rings. The third-order valence-corrected chi connectivity index (χ3v) is 20.4. The van der Waals surface area contributed by atoms with Crippen molar-refractivity contribution in [3.8, 4) is 34.3 Å². The summed E-state index contributed by atoms with van der Waals surface area (Å²) >= 11 is 12.4. The maximum Gasteiger partial charge on any atom is 0.336 e. The fraction of sp³-hybridized carbons (Fsp3) is 0.407. The molecule has 11 rings (SSSR count). The van der Waals surface area contributed by atoms with Crippen molar-refractivity contribution in [2.45, 2.75) is 88.5 Å². The lowest BCUT2D eigenvalue weighted by molar-refractivity contribution is -0.462. The van der Waals surface area contributed by atoms with E-state index in [4.69, 9.17) is 53.5 Å². The van der Waals surface area contributed by atoms with E-state index in [9.17, 15) is 66.7 Å². The van der Waals surface area contributed by atoms with E-state index in [1.807, 2.05) is 74.1 Å². The highest BCUT2D eigenvalue weighted by molar-refractivity contribution is 6.34. The van der Waals surface area contributed by atoms with Crippen LogP contribution in [0.4, 0.5) is 18.9 Å². The van der Waals surface area contributed by atoms with Gasteiger partial charge >= 0.3 is 12.1 Å². The number of aromatic carboxylic acids is 1. The van der Waals surface area contributed by atoms with Gasteiger partial charge in [0.15, 0.2) is 0 Å². The largest absolute Gasteiger partial charge is 0.478 e. The van der Waals surface area contributed by atoms with E-state index in [0.717, 1.165) is 21.9 Å². The van der Waals surface area contributed by atoms with Gasteiger partial charge in [0, 0.05) is 122 Å². The molecule has 2 fully saturated rings. The third kappa shape index (κ3) is 23.9. The summed E-state index contributed by atoms with van der Waals surface area (Å²) in [6, 6.07) is 18.4. The molecule has 636 valence electrons. The highest BCUT2D eigenvalue weighted by Crippen LogP contribution is 2.49. The van der Waals surface area contributed by atoms with Gasteiger partial charge < -0.3 is 70.5 Å². The Hall–Kier alpha value is -12.6. The van der Waals surface area contributed by atoms with Gasteiger partial charge in [-0.05, 0) is 61.0 Å². The van der Waals surface area contributed by atoms with Crippen molar-refractivity contribution in [1.82, 2.24) is 81.7 Å². The number of halogens is 5. The molecule has 1 aliphatic carbocycles. The molecule has 0 saturated carbocycles. The van der Waals surface area contributed by atoms with Crippen LogP contribution in [0.1, 0.15) is 113 Å². The smallest absolute Gasteiger partial charge is 0.336 e. The van der Waals surface area contributed by atoms with E-state index in [1.165, 1.54) is 37.5 Å². The molecule has 3 aromatic carbocycles. The molecule has 0 bridgehead atoms. The number of allylic oxidation sites excluding steroid dienone is 3. The average Bonchev–Trinajstić information content (AvgIpc) is 1.20. The molecule has 35 nitrogen and oxygen atoms in total. The van der Waals surface area contributed by atoms with Crippen LogP contribution in [0.3, 0.4) is 0 Å². The number of likely N-dealkylation sites (tertiary alicyclic amines) is 2. The van der Waals surface area contributed by atoms with Crippen LogP contribution in [0.2, 0.25) is 10.0 Å². The van der Waals surface area contributed by atoms with E-state index >= 15 is 0 Å². The van der Waals surface area contributed by atoms with Crippen LogP contribution in [0.25, 0.3) is 27.4 Å². The molecular weight excluding hydrogens is 1620 g/mol. The predicted molar refractivity (Wildman–Crippen MR) is 430 cm³/mol. The van der Waals surface area contributed by atoms with Gasteiger partial charge in [-0.1, -0.05) is 51.8 Å². The van der Waals surface area contributed by atoms with Crippen molar-refractivity contribution in [1.29, 1.82) is 5.26 Å². The number of hydrogen-bond donors (Lipinski definition) is 7. The second kappa shape index (κ2) is 40.9. The lowest BCUT2D eigenvalue weighted by Gasteiger charge is -2.36. The Morgan fingerprint density at radius 2 is 1.20 bits per heavy atom. The first-order valence-electron chi connectivity index (χ1n) is 38.4. The second-order valence-corrected chi connectivity index (χ2v) is 30.1. The van der Waals surface area contributed by atoms with Crippen LogP contribution >= 0.6 is 23.2 Å². The summed E-state index contributed by atoms with van der Waals surface area (Å²) in [5.74, 6) is -8.92. The molecule has 0 spiro atoms. The Labute approximate surface area is 702 Å². The highest BCUT2D eigenvalue weighted by atomic mass is 35.5. The zero-order valence-corrected chi connectivity index (χ0v) is 68.1. The number of ether oxygens (including phenoxy) is 5. The number of benzene rings is 3. The SMILES string of the molecule is [C-]#[N+][C@@H]1CC(C)(F)CN1C(=O)CNC(=O)c1cc(CNC(=O)CCOCCOCCn2cc(-c3cc(C(=O)NCCNC(=O)c4ccc(C5c6ccc(N(C)C)cc6OC6=CC(=[N+](C)C)C=CC65)c(C(=O)O)c4)cc(-c4cn(CCOCCOCCC(=O)NCc5cc(C(=O)NCC(=O)N6CC(F)(F)C[C@@H]6C#N)c(Cl)cn5)nn4)c3)nn2)ncc1Cl. The van der Waals surface area contributed by atoms with Crippen molar-refractivity contribution in [2.75, 3.05) is 125 Å². The second-order valence-electron chi connectivity index (χ2n) is 29.3. The fourth-order valence-corrected chi connectivity index (χ4v) is 13.9. The van der Waals surface area contributed by atoms with Gasteiger partial charge in [-0.2, -0.15) is 5.26 Å². The number of carbonyl (C=O) groups is 9. The van der Waals surface area contributed by atoms with Gasteiger partial charge in [-0.15, -0.1) is 10.2 Å². The maximum atomic E-state index is 14.6. The molecule has 4 aliphatic rings. The van der Waals surface area contributed by atoms with E-state index in [2.05, 4.69) is 67.3 Å². The Morgan fingerprint density at radius 1 is 0.661 bits per heavy atom. The number of carbonyl (C=O) groups excluding carboxylic acids is 8. The predicted octanol–water partition coefficient (Wildman–Crippen LogP) is 5.44. The number of alkyl halides is 3. The van der Waals surface area contributed by atoms with Crippen LogP contribution in [0.15, 0.2) is 116 Å². The summed E-state index contributed by atoms with van der Waals surface area (Å²) in [6.45, 7) is 7.57. The number of nitrogens with zero attached hydrogens (tertiary/aromatic N) is 14. The van der Waals surface area contributed by atoms with Crippen molar-refractivity contribution >= 4 is 87.8 Å². The molecule has 8 amide bonds. The summed E-state index contributed by atoms with van der Waals surface area (Å²) in [4.78, 5) is 133. The quantitative estimate of drug-likeness (QED) is 0.0144. The lowest BCUT2D eigenvalue weighted by atomic mass is 9.74. The minimum absolute atomic E-state index is 0.00770. The monoisotopic (exact) mass is 1710 g/mol. The van der Waals surface area contributed by atoms with Crippen LogP contribution in [-0.4, -0.2) is 262 Å². The number of aromatic nitrogens is 8. The van der Waals surface area contributed by atoms with E-state index in [0.29, 0.717) is 50.2 Å². The van der Waals surface area contributed by atoms with E-state index in [-0.39, 0.29) is 173 Å². The first-order valence-corrected chi connectivity index (χ1v) is 39.1. The van der Waals surface area contributed by atoms with Gasteiger partial charge in [-0.25, -0.2) is 38.5 Å². The van der Waals surface area contributed by atoms with Crippen molar-refractivity contribution in [2.24, 2.45) is 5.92 Å². The molecule has 7 N–H and O–H groups in total. The van der Waals surface area contributed by atoms with Crippen molar-refractivity contribution < 1.29 is 89.7 Å². The van der Waals surface area contributed by atoms with Crippen LogP contribution in [-0.2, 0) is 64.3 Å². The summed E-state index contributed by atoms with van der Waals surface area (Å²) in [5, 5.41) is 53.1. The van der Waals surface area contributed by atoms with Crippen LogP contribution in [0.5, 0.6) is 5.75 Å². The van der Waals surface area contributed by atoms with E-state index in [1.54, 1.807) is 58.2 Å². The minimum Gasteiger partial charge on any atom is -0.478 e. The van der Waals surface area contributed by atoms with Crippen molar-refractivity contribution in [3.63, 3.8) is 0 Å². The van der Waals surface area contributed by atoms with Gasteiger partial charge in [0.1, 0.15) is 48.7 Å². The number of nitrogens with one attached hydrogen (secondary N) is 6. The van der Waals surface area contributed by atoms with Gasteiger partial charge in [0.05, 0.1) is 168 Å². The normalized spacial score (nSPS) is 17.4. The molecule has 5 atom stereocenters. The van der Waals surface area contributed by atoms with Crippen LogP contribution in [0, 0.1) is 23.8 Å². The molecular formula is C81H88Cl2F3N20O15+. The topological polar surface area (TPSA) is 420 Å². The number of anilines is 1. The zero-order valence-electron chi connectivity index (χ0n) is 66.6. The fourth-order valence-electron chi connectivity index (χ4n) is 13.5. The number of fused-ring (bicyclic) bond motifs is 2. The Balaban J connectivity index is 0.652. The number of amides is 8. The first-order chi connectivity index (χ1) is 57.9. The Morgan fingerprint density at radius 3 is 1.73 bits per heavy atom. The third-order valence-electron chi connectivity index (χ3n) is 19.8. The molecule has 7 heterocycles. The first kappa shape index (κ1) is 89.2. The Kier molecular flexibility index (Phi) is 30.2. The number of nitriles is 1. The number of pyridine rings is 2. The summed E-state index contributed by atoms with van der Waals surface area (Å²) in [5.41, 5.74) is 3.73. The molecule has 40 heteroatoms. The van der Waals surface area contributed by atoms with E-state index < -0.39 is 103 Å². The van der Waals surface area contributed by atoms with Gasteiger partial charge in [0.2, 0.25) is 29.3 Å². The number of hydrogen-bond acceptors (Lipinski definition) is 22. The molecule has 3 aliphatic heterocycles. The number of carboxylic acids is 1. The molecule has 4 aromatic heterocycles. The molecule has 0 radical (unpaired) electrons. The average molecular weight is 1710 g/mol. The lowest BCUT2D eigenvalue weighted by Crippen LogP contribution is -2.43. The van der Waals surface area contributed by atoms with Gasteiger partial charge in [0.25, 0.3) is 29.6 Å². The summed E-state index contributed by atoms with van der Waals surface area (Å²) in [6.07, 6.45) is 9.69. The van der Waals surface area contributed by atoms with Crippen molar-refractivity contribution in [3.05, 3.63) is 187 Å². The maximum absolute atomic E-state index is 14.6. The highest BCUT2D eigenvalue weighted by Gasteiger charge is 2.49. The number of carboxylic acid groups (broad SMARTS) is 1. The summed E-state index contributed by atoms with van der Waals surface area (Å²) in [7, 11) is 7.67. The standard InChI is InChI=1S/C81H87Cl2F3N20O15/c1-80(84)36-69(88-2)106(46-80)73(110)43-96-78(114)62-32-53(92-41-64(62)83)39-94-71(108)14-20-118-24-26-120-22-18-104-45-66(98-100-104)50-27-49(65-44-103(99-97-65)17-21-119-25-23-117-19-13-70(107)93-38-52-31-61(63(82)40-91-52)77(113)95-42-72(109)105-47-81(85,86)35-56(105)37-87)28-51(29-50)76(112)90-16-15-89-75(111)48-7-10-57(60(30-48)79(115)116)74-58-11-8-54(101(3)4)33-67(58)121-68-34-55(102(5)6)9-12-59(68)74/h7-12,27-34,40-41,44-45,56,58,69,74H,13-26,35-36,38-39,42-43,46-47H2,1,3-6H3,(H6-,89,90,93,94,95,96,107,108,111,112,113,114,115,116)/p+1/t56-,58?,69+,74?,80?/m1/s1. The number of rotatable bonds is 38. The zero-order chi connectivity index (χ0) is 86.7. The van der Waals surface area contributed by atoms with Crippen LogP contribution < -0.4 is 41.5 Å². The minimum atomic E-state index is -3.23.